The van der Waals surface area contributed by atoms with E-state index in [1.54, 1.807) is 35.5 Å². The maximum absolute atomic E-state index is 12.7. The van der Waals surface area contributed by atoms with Crippen LogP contribution in [-0.4, -0.2) is 30.6 Å². The van der Waals surface area contributed by atoms with Gasteiger partial charge in [0.25, 0.3) is 5.91 Å². The summed E-state index contributed by atoms with van der Waals surface area (Å²) in [6.07, 6.45) is 6.70. The van der Waals surface area contributed by atoms with Crippen LogP contribution in [0.4, 0.5) is 5.82 Å². The molecule has 0 spiro atoms. The van der Waals surface area contributed by atoms with Gasteiger partial charge in [0.05, 0.1) is 11.6 Å². The average molecular weight is 488 g/mol. The van der Waals surface area contributed by atoms with Crippen LogP contribution in [0.1, 0.15) is 27.0 Å². The van der Waals surface area contributed by atoms with E-state index in [1.807, 2.05) is 42.5 Å². The highest BCUT2D eigenvalue weighted by atomic mass is 35.5. The fraction of sp³-hybridized carbons (Fsp3) is 0.120. The average Bonchev–Trinajstić information content (AvgIpc) is 3.44. The third kappa shape index (κ3) is 5.25. The van der Waals surface area contributed by atoms with Crippen molar-refractivity contribution in [3.05, 3.63) is 101 Å². The summed E-state index contributed by atoms with van der Waals surface area (Å²) in [5.41, 5.74) is 9.78. The molecule has 0 atom stereocenters. The molecule has 0 aliphatic heterocycles. The number of nitrogen functional groups attached to an aromatic ring is 1. The topological polar surface area (TPSA) is 124 Å². The number of benzene rings is 1. The van der Waals surface area contributed by atoms with Gasteiger partial charge in [0.15, 0.2) is 5.82 Å². The van der Waals surface area contributed by atoms with Crippen molar-refractivity contribution in [2.75, 3.05) is 5.73 Å². The lowest BCUT2D eigenvalue weighted by Gasteiger charge is -2.06. The maximum Gasteiger partial charge on any atom is 0.256 e. The molecule has 1 amide bonds. The third-order valence-corrected chi connectivity index (χ3v) is 5.71. The van der Waals surface area contributed by atoms with Crippen molar-refractivity contribution in [3.8, 4) is 5.88 Å². The van der Waals surface area contributed by atoms with Crippen molar-refractivity contribution in [1.82, 2.24) is 30.0 Å². The van der Waals surface area contributed by atoms with E-state index in [9.17, 15) is 4.79 Å². The smallest absolute Gasteiger partial charge is 0.256 e. The summed E-state index contributed by atoms with van der Waals surface area (Å²) in [6, 6.07) is 15.5. The summed E-state index contributed by atoms with van der Waals surface area (Å²) in [7, 11) is 0. The molecule has 5 aromatic rings. The van der Waals surface area contributed by atoms with Crippen LogP contribution < -0.4 is 15.8 Å². The summed E-state index contributed by atoms with van der Waals surface area (Å²) < 4.78 is 7.33. The van der Waals surface area contributed by atoms with Crippen LogP contribution >= 0.6 is 11.6 Å². The van der Waals surface area contributed by atoms with Crippen molar-refractivity contribution in [1.29, 1.82) is 0 Å². The minimum Gasteiger partial charge on any atom is -0.473 e. The number of amides is 1. The lowest BCUT2D eigenvalue weighted by Crippen LogP contribution is -2.23. The van der Waals surface area contributed by atoms with Crippen LogP contribution in [0.3, 0.4) is 0 Å². The van der Waals surface area contributed by atoms with Gasteiger partial charge in [-0.1, -0.05) is 48.0 Å². The highest BCUT2D eigenvalue weighted by molar-refractivity contribution is 6.35. The molecule has 0 bridgehead atoms. The molecule has 1 aromatic carbocycles. The van der Waals surface area contributed by atoms with Crippen LogP contribution in [0.15, 0.2) is 73.3 Å². The van der Waals surface area contributed by atoms with Crippen molar-refractivity contribution in [2.45, 2.75) is 19.7 Å². The van der Waals surface area contributed by atoms with Gasteiger partial charge >= 0.3 is 0 Å². The Bertz CT molecular complexity index is 1460. The Hall–Kier alpha value is -4.37. The number of H-pyrrole nitrogens is 1. The molecule has 4 N–H and O–H groups in total. The fourth-order valence-corrected chi connectivity index (χ4v) is 3.79. The largest absolute Gasteiger partial charge is 0.473 e. The van der Waals surface area contributed by atoms with Crippen LogP contribution in [0.2, 0.25) is 5.02 Å². The molecule has 0 saturated carbocycles. The van der Waals surface area contributed by atoms with Gasteiger partial charge in [-0.3, -0.25) is 9.48 Å². The number of aromatic nitrogens is 5. The van der Waals surface area contributed by atoms with Gasteiger partial charge in [0, 0.05) is 42.8 Å². The van der Waals surface area contributed by atoms with Gasteiger partial charge < -0.3 is 20.8 Å². The number of ether oxygens (including phenoxy) is 1. The fourth-order valence-electron chi connectivity index (χ4n) is 3.59. The van der Waals surface area contributed by atoms with Gasteiger partial charge in [-0.15, -0.1) is 0 Å². The molecular formula is C25H22ClN7O2. The van der Waals surface area contributed by atoms with E-state index < -0.39 is 0 Å². The molecule has 0 fully saturated rings. The van der Waals surface area contributed by atoms with E-state index in [-0.39, 0.29) is 18.3 Å². The molecular weight excluding hydrogens is 466 g/mol. The standard InChI is InChI=1S/C25H22ClN7O2/c26-21-12-30-24-19(21)8-18(10-29-24)11-31-25(34)20-14-33(32-23(20)27)13-17-6-7-22(28-9-17)35-15-16-4-2-1-3-5-16/h1-10,12,14H,11,13,15H2,(H2,27,32)(H,29,30)(H,31,34). The highest BCUT2D eigenvalue weighted by Gasteiger charge is 2.15. The van der Waals surface area contributed by atoms with E-state index in [1.165, 1.54) is 0 Å². The minimum atomic E-state index is -0.322. The van der Waals surface area contributed by atoms with E-state index in [4.69, 9.17) is 22.1 Å². The monoisotopic (exact) mass is 487 g/mol. The summed E-state index contributed by atoms with van der Waals surface area (Å²) in [6.45, 7) is 1.14. The van der Waals surface area contributed by atoms with Gasteiger partial charge in [-0.05, 0) is 22.8 Å². The zero-order valence-corrected chi connectivity index (χ0v) is 19.4. The number of nitrogens with zero attached hydrogens (tertiary/aromatic N) is 4. The molecule has 10 heteroatoms. The second kappa shape index (κ2) is 9.86. The first-order chi connectivity index (χ1) is 17.0. The Morgan fingerprint density at radius 2 is 1.91 bits per heavy atom. The molecule has 0 aliphatic rings. The molecule has 0 aliphatic carbocycles. The number of nitrogens with one attached hydrogen (secondary N) is 2. The van der Waals surface area contributed by atoms with Gasteiger partial charge in [0.2, 0.25) is 5.88 Å². The second-order valence-corrected chi connectivity index (χ2v) is 8.37. The maximum atomic E-state index is 12.7. The molecule has 176 valence electrons. The van der Waals surface area contributed by atoms with Gasteiger partial charge in [-0.25, -0.2) is 9.97 Å². The molecule has 4 aromatic heterocycles. The number of hydrogen-bond donors (Lipinski definition) is 3. The number of carbonyl (C=O) groups excluding carboxylic acids is 1. The molecule has 5 rings (SSSR count). The number of fused-ring (bicyclic) bond motifs is 1. The molecule has 0 saturated heterocycles. The van der Waals surface area contributed by atoms with Crippen LogP contribution in [-0.2, 0) is 19.7 Å². The predicted molar refractivity (Wildman–Crippen MR) is 133 cm³/mol. The first kappa shape index (κ1) is 22.4. The Kier molecular flexibility index (Phi) is 6.32. The van der Waals surface area contributed by atoms with E-state index >= 15 is 0 Å². The molecule has 0 radical (unpaired) electrons. The number of nitrogens with two attached hydrogens (primary N) is 1. The number of aromatic amines is 1. The Labute approximate surface area is 205 Å². The van der Waals surface area contributed by atoms with Crippen molar-refractivity contribution in [3.63, 3.8) is 0 Å². The summed E-state index contributed by atoms with van der Waals surface area (Å²) in [5, 5.41) is 8.50. The summed E-state index contributed by atoms with van der Waals surface area (Å²) in [5.74, 6) is 0.364. The lowest BCUT2D eigenvalue weighted by atomic mass is 10.2. The van der Waals surface area contributed by atoms with Crippen LogP contribution in [0, 0.1) is 0 Å². The predicted octanol–water partition coefficient (Wildman–Crippen LogP) is 3.95. The van der Waals surface area contributed by atoms with Gasteiger partial charge in [-0.2, -0.15) is 5.10 Å². The number of rotatable bonds is 8. The number of carbonyl (C=O) groups is 1. The zero-order valence-electron chi connectivity index (χ0n) is 18.6. The van der Waals surface area contributed by atoms with Crippen molar-refractivity contribution >= 4 is 34.4 Å². The molecule has 35 heavy (non-hydrogen) atoms. The first-order valence-corrected chi connectivity index (χ1v) is 11.3. The van der Waals surface area contributed by atoms with Crippen molar-refractivity contribution in [2.24, 2.45) is 0 Å². The number of halogens is 1. The van der Waals surface area contributed by atoms with Gasteiger partial charge in [0.1, 0.15) is 17.8 Å². The number of anilines is 1. The van der Waals surface area contributed by atoms with Crippen LogP contribution in [0.25, 0.3) is 11.0 Å². The highest BCUT2D eigenvalue weighted by Crippen LogP contribution is 2.22. The first-order valence-electron chi connectivity index (χ1n) is 10.9. The summed E-state index contributed by atoms with van der Waals surface area (Å²) in [4.78, 5) is 24.3. The number of hydrogen-bond acceptors (Lipinski definition) is 6. The van der Waals surface area contributed by atoms with E-state index in [0.717, 1.165) is 22.1 Å². The Morgan fingerprint density at radius 3 is 2.71 bits per heavy atom. The number of pyridine rings is 2. The van der Waals surface area contributed by atoms with Crippen molar-refractivity contribution < 1.29 is 9.53 Å². The lowest BCUT2D eigenvalue weighted by molar-refractivity contribution is 0.0951. The SMILES string of the molecule is Nc1nn(Cc2ccc(OCc3ccccc3)nc2)cc1C(=O)NCc1cnc2[nH]cc(Cl)c2c1. The third-order valence-electron chi connectivity index (χ3n) is 5.40. The Balaban J connectivity index is 1.18. The Morgan fingerprint density at radius 1 is 1.09 bits per heavy atom. The van der Waals surface area contributed by atoms with Crippen LogP contribution in [0.5, 0.6) is 5.88 Å². The summed E-state index contributed by atoms with van der Waals surface area (Å²) >= 11 is 6.15. The normalized spacial score (nSPS) is 11.0. The molecule has 9 nitrogen and oxygen atoms in total. The minimum absolute atomic E-state index is 0.153. The molecule has 0 unspecified atom stereocenters. The van der Waals surface area contributed by atoms with E-state index in [0.29, 0.717) is 35.3 Å². The zero-order chi connectivity index (χ0) is 24.2. The second-order valence-electron chi connectivity index (χ2n) is 7.96. The quantitative estimate of drug-likeness (QED) is 0.304. The van der Waals surface area contributed by atoms with E-state index in [2.05, 4.69) is 25.4 Å². The molecule has 4 heterocycles.